The molecule has 0 saturated carbocycles. The van der Waals surface area contributed by atoms with Crippen molar-refractivity contribution in [2.75, 3.05) is 26.2 Å². The van der Waals surface area contributed by atoms with E-state index in [1.165, 1.54) is 5.56 Å². The molecule has 2 rings (SSSR count). The predicted octanol–water partition coefficient (Wildman–Crippen LogP) is 2.66. The van der Waals surface area contributed by atoms with Gasteiger partial charge in [0.05, 0.1) is 12.2 Å². The first-order valence-corrected chi connectivity index (χ1v) is 8.22. The van der Waals surface area contributed by atoms with Gasteiger partial charge in [-0.1, -0.05) is 26.0 Å². The Bertz CT molecular complexity index is 436. The van der Waals surface area contributed by atoms with Crippen LogP contribution in [0, 0.1) is 0 Å². The van der Waals surface area contributed by atoms with Crippen molar-refractivity contribution in [1.82, 2.24) is 4.90 Å². The standard InChI is InChI=1S/C18H29NO3/c1-13(2)16-5-7-18(8-6-16)21-12-17(20)11-19-9-14(3)22-15(4)10-19/h5-8,13-15,17,20H,9-12H2,1-4H3/t14-,15-,17+/m1/s1. The third-order valence-electron chi connectivity index (χ3n) is 3.95. The van der Waals surface area contributed by atoms with Crippen LogP contribution in [-0.4, -0.2) is 54.6 Å². The molecule has 3 atom stereocenters. The van der Waals surface area contributed by atoms with Gasteiger partial charge in [-0.15, -0.1) is 0 Å². The number of benzene rings is 1. The van der Waals surface area contributed by atoms with Gasteiger partial charge >= 0.3 is 0 Å². The molecule has 1 saturated heterocycles. The van der Waals surface area contributed by atoms with E-state index in [1.807, 2.05) is 12.1 Å². The lowest BCUT2D eigenvalue weighted by Gasteiger charge is -2.36. The van der Waals surface area contributed by atoms with Crippen LogP contribution in [0.25, 0.3) is 0 Å². The van der Waals surface area contributed by atoms with Gasteiger partial charge in [-0.05, 0) is 37.5 Å². The highest BCUT2D eigenvalue weighted by Gasteiger charge is 2.23. The molecule has 22 heavy (non-hydrogen) atoms. The number of aliphatic hydroxyl groups is 1. The first kappa shape index (κ1) is 17.3. The van der Waals surface area contributed by atoms with Crippen molar-refractivity contribution in [2.24, 2.45) is 0 Å². The van der Waals surface area contributed by atoms with E-state index in [-0.39, 0.29) is 12.2 Å². The molecule has 4 nitrogen and oxygen atoms in total. The van der Waals surface area contributed by atoms with Gasteiger partial charge in [-0.2, -0.15) is 0 Å². The Hall–Kier alpha value is -1.10. The number of rotatable bonds is 6. The molecular formula is C18H29NO3. The number of ether oxygens (including phenoxy) is 2. The van der Waals surface area contributed by atoms with Gasteiger partial charge < -0.3 is 14.6 Å². The van der Waals surface area contributed by atoms with Crippen molar-refractivity contribution < 1.29 is 14.6 Å². The quantitative estimate of drug-likeness (QED) is 0.877. The van der Waals surface area contributed by atoms with Crippen molar-refractivity contribution in [3.8, 4) is 5.75 Å². The summed E-state index contributed by atoms with van der Waals surface area (Å²) in [4.78, 5) is 2.24. The SMILES string of the molecule is CC(C)c1ccc(OC[C@@H](O)CN2C[C@@H](C)O[C@H](C)C2)cc1. The highest BCUT2D eigenvalue weighted by Crippen LogP contribution is 2.19. The maximum absolute atomic E-state index is 10.2. The Morgan fingerprint density at radius 2 is 1.77 bits per heavy atom. The maximum atomic E-state index is 10.2. The molecule has 0 radical (unpaired) electrons. The summed E-state index contributed by atoms with van der Waals surface area (Å²) in [6.45, 7) is 11.2. The van der Waals surface area contributed by atoms with E-state index in [0.29, 0.717) is 19.1 Å². The fraction of sp³-hybridized carbons (Fsp3) is 0.667. The smallest absolute Gasteiger partial charge is 0.119 e. The minimum atomic E-state index is -0.484. The first-order valence-electron chi connectivity index (χ1n) is 8.22. The van der Waals surface area contributed by atoms with E-state index in [9.17, 15) is 5.11 Å². The van der Waals surface area contributed by atoms with Crippen LogP contribution < -0.4 is 4.74 Å². The minimum absolute atomic E-state index is 0.223. The van der Waals surface area contributed by atoms with Crippen molar-refractivity contribution in [1.29, 1.82) is 0 Å². The molecule has 1 heterocycles. The van der Waals surface area contributed by atoms with E-state index in [4.69, 9.17) is 9.47 Å². The normalized spacial score (nSPS) is 24.5. The molecule has 1 N–H and O–H groups in total. The predicted molar refractivity (Wildman–Crippen MR) is 88.5 cm³/mol. The van der Waals surface area contributed by atoms with Crippen LogP contribution in [0.3, 0.4) is 0 Å². The number of hydrogen-bond acceptors (Lipinski definition) is 4. The molecule has 124 valence electrons. The molecule has 1 aromatic carbocycles. The average molecular weight is 307 g/mol. The lowest BCUT2D eigenvalue weighted by atomic mass is 10.0. The number of aliphatic hydroxyl groups excluding tert-OH is 1. The molecule has 0 bridgehead atoms. The van der Waals surface area contributed by atoms with Crippen molar-refractivity contribution in [3.05, 3.63) is 29.8 Å². The molecule has 1 aliphatic heterocycles. The number of hydrogen-bond donors (Lipinski definition) is 1. The molecule has 1 fully saturated rings. The van der Waals surface area contributed by atoms with Crippen LogP contribution in [0.4, 0.5) is 0 Å². The molecule has 0 spiro atoms. The summed E-state index contributed by atoms with van der Waals surface area (Å²) in [5.41, 5.74) is 1.30. The Labute approximate surface area is 134 Å². The molecular weight excluding hydrogens is 278 g/mol. The topological polar surface area (TPSA) is 41.9 Å². The van der Waals surface area contributed by atoms with Gasteiger partial charge in [0.15, 0.2) is 0 Å². The molecule has 0 aliphatic carbocycles. The Morgan fingerprint density at radius 1 is 1.18 bits per heavy atom. The first-order chi connectivity index (χ1) is 10.4. The molecule has 0 unspecified atom stereocenters. The second kappa shape index (κ2) is 7.95. The fourth-order valence-corrected chi connectivity index (χ4v) is 2.93. The van der Waals surface area contributed by atoms with Crippen LogP contribution in [-0.2, 0) is 4.74 Å². The van der Waals surface area contributed by atoms with Crippen molar-refractivity contribution in [3.63, 3.8) is 0 Å². The lowest BCUT2D eigenvalue weighted by Crippen LogP contribution is -2.48. The molecule has 1 aromatic rings. The van der Waals surface area contributed by atoms with Gasteiger partial charge in [0.1, 0.15) is 18.5 Å². The zero-order chi connectivity index (χ0) is 16.1. The number of β-amino-alcohol motifs (C(OH)–C–C–N with tert-alkyl or cyclic N) is 1. The Morgan fingerprint density at radius 3 is 2.32 bits per heavy atom. The molecule has 0 amide bonds. The summed E-state index contributed by atoms with van der Waals surface area (Å²) >= 11 is 0. The van der Waals surface area contributed by atoms with E-state index in [1.54, 1.807) is 0 Å². The second-order valence-electron chi connectivity index (χ2n) is 6.66. The fourth-order valence-electron chi connectivity index (χ4n) is 2.93. The molecule has 0 aromatic heterocycles. The Kier molecular flexibility index (Phi) is 6.24. The lowest BCUT2D eigenvalue weighted by molar-refractivity contribution is -0.0786. The second-order valence-corrected chi connectivity index (χ2v) is 6.66. The summed E-state index contributed by atoms with van der Waals surface area (Å²) in [6, 6.07) is 8.11. The maximum Gasteiger partial charge on any atom is 0.119 e. The zero-order valence-corrected chi connectivity index (χ0v) is 14.2. The largest absolute Gasteiger partial charge is 0.491 e. The van der Waals surface area contributed by atoms with Crippen LogP contribution in [0.15, 0.2) is 24.3 Å². The highest BCUT2D eigenvalue weighted by atomic mass is 16.5. The van der Waals surface area contributed by atoms with Crippen LogP contribution in [0.1, 0.15) is 39.2 Å². The summed E-state index contributed by atoms with van der Waals surface area (Å²) in [5.74, 6) is 1.33. The molecule has 4 heteroatoms. The van der Waals surface area contributed by atoms with Crippen LogP contribution in [0.2, 0.25) is 0 Å². The highest BCUT2D eigenvalue weighted by molar-refractivity contribution is 5.28. The van der Waals surface area contributed by atoms with Gasteiger partial charge in [-0.3, -0.25) is 4.90 Å². The minimum Gasteiger partial charge on any atom is -0.491 e. The van der Waals surface area contributed by atoms with E-state index >= 15 is 0 Å². The summed E-state index contributed by atoms with van der Waals surface area (Å²) in [5, 5.41) is 10.2. The van der Waals surface area contributed by atoms with Crippen molar-refractivity contribution in [2.45, 2.75) is 51.9 Å². The number of nitrogens with zero attached hydrogens (tertiary/aromatic N) is 1. The van der Waals surface area contributed by atoms with Crippen LogP contribution in [0.5, 0.6) is 5.75 Å². The van der Waals surface area contributed by atoms with Gasteiger partial charge in [0.25, 0.3) is 0 Å². The summed E-state index contributed by atoms with van der Waals surface area (Å²) in [6.07, 6.45) is -0.0387. The van der Waals surface area contributed by atoms with E-state index in [2.05, 4.69) is 44.7 Å². The Balaban J connectivity index is 1.76. The third kappa shape index (κ3) is 5.27. The summed E-state index contributed by atoms with van der Waals surface area (Å²) < 4.78 is 11.4. The van der Waals surface area contributed by atoms with Crippen LogP contribution >= 0.6 is 0 Å². The van der Waals surface area contributed by atoms with Gasteiger partial charge in [0.2, 0.25) is 0 Å². The van der Waals surface area contributed by atoms with Gasteiger partial charge in [0, 0.05) is 19.6 Å². The van der Waals surface area contributed by atoms with Gasteiger partial charge in [-0.25, -0.2) is 0 Å². The zero-order valence-electron chi connectivity index (χ0n) is 14.2. The van der Waals surface area contributed by atoms with E-state index in [0.717, 1.165) is 18.8 Å². The monoisotopic (exact) mass is 307 g/mol. The average Bonchev–Trinajstić information content (AvgIpc) is 2.44. The number of morpholine rings is 1. The third-order valence-corrected chi connectivity index (χ3v) is 3.95. The summed E-state index contributed by atoms with van der Waals surface area (Å²) in [7, 11) is 0. The van der Waals surface area contributed by atoms with Crippen molar-refractivity contribution >= 4 is 0 Å². The van der Waals surface area contributed by atoms with E-state index < -0.39 is 6.10 Å². The molecule has 1 aliphatic rings.